The third-order valence-corrected chi connectivity index (χ3v) is 5.39. The van der Waals surface area contributed by atoms with Crippen molar-refractivity contribution < 1.29 is 18.9 Å². The van der Waals surface area contributed by atoms with Crippen molar-refractivity contribution >= 4 is 19.7 Å². The van der Waals surface area contributed by atoms with Crippen molar-refractivity contribution in [3.05, 3.63) is 101 Å². The molecule has 7 nitrogen and oxygen atoms in total. The van der Waals surface area contributed by atoms with E-state index in [-0.39, 0.29) is 18.9 Å². The van der Waals surface area contributed by atoms with Crippen LogP contribution in [0.25, 0.3) is 0 Å². The average Bonchev–Trinajstić information content (AvgIpc) is 2.82. The number of nitrogens with zero attached hydrogens (tertiary/aromatic N) is 1. The van der Waals surface area contributed by atoms with Gasteiger partial charge in [0.1, 0.15) is 30.5 Å². The maximum absolute atomic E-state index is 11.3. The van der Waals surface area contributed by atoms with E-state index < -0.39 is 13.2 Å². The Kier molecular flexibility index (Phi) is 8.08. The Morgan fingerprint density at radius 2 is 1.72 bits per heavy atom. The van der Waals surface area contributed by atoms with Crippen LogP contribution >= 0.6 is 8.30 Å². The van der Waals surface area contributed by atoms with Crippen molar-refractivity contribution in [2.45, 2.75) is 6.61 Å². The molecule has 1 N–H and O–H groups in total. The van der Waals surface area contributed by atoms with Gasteiger partial charge in [-0.1, -0.05) is 30.7 Å². The Hall–Kier alpha value is -4.01. The van der Waals surface area contributed by atoms with Gasteiger partial charge >= 0.3 is 0 Å². The Bertz CT molecular complexity index is 1100. The van der Waals surface area contributed by atoms with Gasteiger partial charge in [0.25, 0.3) is 5.69 Å². The van der Waals surface area contributed by atoms with Crippen LogP contribution in [0, 0.1) is 22.5 Å². The molecule has 0 amide bonds. The fourth-order valence-electron chi connectivity index (χ4n) is 2.69. The summed E-state index contributed by atoms with van der Waals surface area (Å²) in [7, 11) is -1.12. The SMILES string of the molecule is C#CCOc1ccc([N+](=O)[O-])c(COc2ccc(OP(C=C)Nc3ccccc3)cc2)c1. The lowest BCUT2D eigenvalue weighted by molar-refractivity contribution is -0.385. The van der Waals surface area contributed by atoms with Crippen molar-refractivity contribution in [3.8, 4) is 29.6 Å². The van der Waals surface area contributed by atoms with Gasteiger partial charge in [-0.25, -0.2) is 0 Å². The molecule has 3 aromatic rings. The van der Waals surface area contributed by atoms with Crippen molar-refractivity contribution in [1.82, 2.24) is 0 Å². The molecule has 1 unspecified atom stereocenters. The van der Waals surface area contributed by atoms with E-state index >= 15 is 0 Å². The largest absolute Gasteiger partial charge is 0.489 e. The van der Waals surface area contributed by atoms with Crippen LogP contribution in [0.5, 0.6) is 17.2 Å². The summed E-state index contributed by atoms with van der Waals surface area (Å²) < 4.78 is 17.0. The van der Waals surface area contributed by atoms with Gasteiger partial charge in [0, 0.05) is 11.8 Å². The van der Waals surface area contributed by atoms with Crippen molar-refractivity contribution in [2.75, 3.05) is 11.7 Å². The molecule has 0 aliphatic carbocycles. The van der Waals surface area contributed by atoms with Crippen LogP contribution in [0.2, 0.25) is 0 Å². The molecule has 1 atom stereocenters. The standard InChI is InChI=1S/C24H21N2O5P/c1-3-16-29-23-14-15-24(26(27)28)19(17-23)18-30-21-10-12-22(13-11-21)31-32(4-2)25-20-8-6-5-7-9-20/h1,4-15,17,25H,2,16,18H2. The van der Waals surface area contributed by atoms with Crippen LogP contribution in [0.4, 0.5) is 11.4 Å². The van der Waals surface area contributed by atoms with Gasteiger partial charge in [-0.3, -0.25) is 10.1 Å². The van der Waals surface area contributed by atoms with Crippen LogP contribution < -0.4 is 19.1 Å². The smallest absolute Gasteiger partial charge is 0.276 e. The minimum absolute atomic E-state index is 0.00129. The van der Waals surface area contributed by atoms with Crippen molar-refractivity contribution in [3.63, 3.8) is 0 Å². The third kappa shape index (κ3) is 6.49. The lowest BCUT2D eigenvalue weighted by atomic mass is 10.2. The number of nitro benzene ring substituents is 1. The number of nitrogens with one attached hydrogen (secondary N) is 1. The number of para-hydroxylation sites is 1. The highest BCUT2D eigenvalue weighted by Gasteiger charge is 2.15. The zero-order chi connectivity index (χ0) is 22.8. The first-order chi connectivity index (χ1) is 15.6. The molecule has 0 aliphatic rings. The molecule has 162 valence electrons. The molecule has 0 fully saturated rings. The van der Waals surface area contributed by atoms with Gasteiger partial charge in [-0.05, 0) is 54.3 Å². The summed E-state index contributed by atoms with van der Waals surface area (Å²) in [6, 6.07) is 21.1. The fraction of sp³-hybridized carbons (Fsp3) is 0.0833. The van der Waals surface area contributed by atoms with E-state index in [0.29, 0.717) is 22.8 Å². The second-order valence-corrected chi connectivity index (χ2v) is 7.80. The van der Waals surface area contributed by atoms with Crippen LogP contribution in [0.1, 0.15) is 5.56 Å². The normalized spacial score (nSPS) is 11.0. The molecule has 3 rings (SSSR count). The molecule has 0 saturated carbocycles. The monoisotopic (exact) mass is 448 g/mol. The van der Waals surface area contributed by atoms with E-state index in [1.54, 1.807) is 36.1 Å². The number of nitro groups is 1. The lowest BCUT2D eigenvalue weighted by Gasteiger charge is -2.17. The Morgan fingerprint density at radius 3 is 2.38 bits per heavy atom. The highest BCUT2D eigenvalue weighted by Crippen LogP contribution is 2.39. The van der Waals surface area contributed by atoms with Gasteiger partial charge < -0.3 is 19.1 Å². The number of rotatable bonds is 11. The summed E-state index contributed by atoms with van der Waals surface area (Å²) >= 11 is 0. The highest BCUT2D eigenvalue weighted by atomic mass is 31.2. The summed E-state index contributed by atoms with van der Waals surface area (Å²) in [6.45, 7) is 3.90. The summed E-state index contributed by atoms with van der Waals surface area (Å²) in [4.78, 5) is 10.9. The molecule has 0 spiro atoms. The summed E-state index contributed by atoms with van der Waals surface area (Å²) in [5.74, 6) is 5.71. The predicted octanol–water partition coefficient (Wildman–Crippen LogP) is 6.13. The predicted molar refractivity (Wildman–Crippen MR) is 126 cm³/mol. The van der Waals surface area contributed by atoms with Crippen LogP contribution in [-0.4, -0.2) is 11.5 Å². The quantitative estimate of drug-likeness (QED) is 0.164. The van der Waals surface area contributed by atoms with E-state index in [2.05, 4.69) is 17.6 Å². The minimum Gasteiger partial charge on any atom is -0.489 e. The molecule has 0 radical (unpaired) electrons. The Labute approximate surface area is 187 Å². The van der Waals surface area contributed by atoms with Crippen LogP contribution in [0.3, 0.4) is 0 Å². The summed E-state index contributed by atoms with van der Waals surface area (Å²) in [5.41, 5.74) is 1.27. The van der Waals surface area contributed by atoms with E-state index in [1.165, 1.54) is 12.1 Å². The number of anilines is 1. The van der Waals surface area contributed by atoms with Gasteiger partial charge in [0.2, 0.25) is 8.30 Å². The van der Waals surface area contributed by atoms with E-state index in [0.717, 1.165) is 5.69 Å². The Morgan fingerprint density at radius 1 is 1.03 bits per heavy atom. The summed E-state index contributed by atoms with van der Waals surface area (Å²) in [6.07, 6.45) is 5.19. The fourth-order valence-corrected chi connectivity index (χ4v) is 3.65. The molecular formula is C24H21N2O5P. The molecular weight excluding hydrogens is 427 g/mol. The maximum atomic E-state index is 11.3. The number of hydrogen-bond donors (Lipinski definition) is 1. The first-order valence-electron chi connectivity index (χ1n) is 9.57. The first kappa shape index (κ1) is 22.7. The third-order valence-electron chi connectivity index (χ3n) is 4.17. The van der Waals surface area contributed by atoms with Crippen LogP contribution in [-0.2, 0) is 6.61 Å². The van der Waals surface area contributed by atoms with E-state index in [4.69, 9.17) is 20.4 Å². The van der Waals surface area contributed by atoms with Crippen molar-refractivity contribution in [2.24, 2.45) is 0 Å². The lowest BCUT2D eigenvalue weighted by Crippen LogP contribution is -2.02. The number of ether oxygens (including phenoxy) is 2. The molecule has 0 aromatic heterocycles. The van der Waals surface area contributed by atoms with Gasteiger partial charge in [-0.2, -0.15) is 0 Å². The minimum atomic E-state index is -1.12. The Balaban J connectivity index is 1.62. The van der Waals surface area contributed by atoms with Gasteiger partial charge in [-0.15, -0.1) is 6.42 Å². The topological polar surface area (TPSA) is 82.9 Å². The zero-order valence-corrected chi connectivity index (χ0v) is 18.0. The molecule has 8 heteroatoms. The molecule has 0 heterocycles. The van der Waals surface area contributed by atoms with E-state index in [9.17, 15) is 10.1 Å². The molecule has 3 aromatic carbocycles. The zero-order valence-electron chi connectivity index (χ0n) is 17.1. The average molecular weight is 448 g/mol. The molecule has 0 saturated heterocycles. The van der Waals surface area contributed by atoms with Crippen molar-refractivity contribution in [1.29, 1.82) is 0 Å². The number of hydrogen-bond acceptors (Lipinski definition) is 6. The molecule has 0 bridgehead atoms. The van der Waals surface area contributed by atoms with Gasteiger partial charge in [0.05, 0.1) is 10.5 Å². The van der Waals surface area contributed by atoms with E-state index in [1.807, 2.05) is 30.3 Å². The molecule has 0 aliphatic heterocycles. The molecule has 32 heavy (non-hydrogen) atoms. The van der Waals surface area contributed by atoms with Gasteiger partial charge in [0.15, 0.2) is 0 Å². The number of benzene rings is 3. The highest BCUT2D eigenvalue weighted by molar-refractivity contribution is 7.57. The first-order valence-corrected chi connectivity index (χ1v) is 10.9. The second-order valence-electron chi connectivity index (χ2n) is 6.38. The second kappa shape index (κ2) is 11.4. The maximum Gasteiger partial charge on any atom is 0.276 e. The number of terminal acetylenes is 1. The van der Waals surface area contributed by atoms with Crippen LogP contribution in [0.15, 0.2) is 85.2 Å². The summed E-state index contributed by atoms with van der Waals surface area (Å²) in [5, 5.41) is 14.6.